The van der Waals surface area contributed by atoms with Crippen LogP contribution in [0.4, 0.5) is 0 Å². The number of fused-ring (bicyclic) bond motifs is 6. The fraction of sp³-hybridized carbons (Fsp3) is 0.182. The Morgan fingerprint density at radius 3 is 2.19 bits per heavy atom. The predicted molar refractivity (Wildman–Crippen MR) is 197 cm³/mol. The van der Waals surface area contributed by atoms with Gasteiger partial charge in [0.2, 0.25) is 0 Å². The van der Waals surface area contributed by atoms with Crippen molar-refractivity contribution in [2.24, 2.45) is 5.41 Å². The molecule has 0 amide bonds. The third kappa shape index (κ3) is 6.83. The molecule has 0 aliphatic heterocycles. The van der Waals surface area contributed by atoms with Gasteiger partial charge in [-0.1, -0.05) is 98.8 Å². The van der Waals surface area contributed by atoms with Crippen molar-refractivity contribution >= 4 is 43.5 Å². The summed E-state index contributed by atoms with van der Waals surface area (Å²) in [5.41, 5.74) is 10.8. The molecule has 0 bridgehead atoms. The van der Waals surface area contributed by atoms with Gasteiger partial charge in [-0.3, -0.25) is 0 Å². The zero-order chi connectivity index (χ0) is 32.7. The molecule has 3 heterocycles. The average molecular weight is 803 g/mol. The molecule has 241 valence electrons. The summed E-state index contributed by atoms with van der Waals surface area (Å²) in [4.78, 5) is 9.11. The van der Waals surface area contributed by atoms with Gasteiger partial charge in [-0.25, -0.2) is 0 Å². The summed E-state index contributed by atoms with van der Waals surface area (Å²) in [6.45, 7) is 13.0. The molecule has 0 aliphatic carbocycles. The van der Waals surface area contributed by atoms with Crippen molar-refractivity contribution in [3.8, 4) is 22.5 Å². The van der Waals surface area contributed by atoms with Crippen LogP contribution in [-0.4, -0.2) is 9.97 Å². The van der Waals surface area contributed by atoms with E-state index in [-0.39, 0.29) is 25.5 Å². The SMILES string of the molecule is Cc1c[c-]c(-c2ccc(C)cn2)cc1.Cc1cnc(-c2[c-]ccc3c2oc2cc4c(ccc5ccccc54)cc23)cc1CC(C)(C)C.[Ir]. The van der Waals surface area contributed by atoms with Gasteiger partial charge in [0.15, 0.2) is 0 Å². The molecule has 0 aliphatic rings. The molecule has 1 radical (unpaired) electrons. The second-order valence-corrected chi connectivity index (χ2v) is 13.8. The van der Waals surface area contributed by atoms with Crippen LogP contribution in [0, 0.1) is 38.3 Å². The van der Waals surface area contributed by atoms with Crippen LogP contribution in [0.15, 0.2) is 114 Å². The topological polar surface area (TPSA) is 38.9 Å². The first kappa shape index (κ1) is 33.3. The Kier molecular flexibility index (Phi) is 9.34. The van der Waals surface area contributed by atoms with Crippen LogP contribution in [0.25, 0.3) is 66.0 Å². The molecule has 0 unspecified atom stereocenters. The first-order chi connectivity index (χ1) is 22.6. The summed E-state index contributed by atoms with van der Waals surface area (Å²) in [7, 11) is 0. The van der Waals surface area contributed by atoms with E-state index in [2.05, 4.69) is 125 Å². The van der Waals surface area contributed by atoms with Crippen LogP contribution in [0.3, 0.4) is 0 Å². The fourth-order valence-corrected chi connectivity index (χ4v) is 6.19. The number of furan rings is 1. The van der Waals surface area contributed by atoms with Gasteiger partial charge in [0.25, 0.3) is 0 Å². The minimum absolute atomic E-state index is 0. The summed E-state index contributed by atoms with van der Waals surface area (Å²) < 4.78 is 6.49. The Hall–Kier alpha value is -4.63. The smallest absolute Gasteiger partial charge is 0.121 e. The predicted octanol–water partition coefficient (Wildman–Crippen LogP) is 11.8. The quantitative estimate of drug-likeness (QED) is 0.132. The van der Waals surface area contributed by atoms with Crippen molar-refractivity contribution in [2.75, 3.05) is 0 Å². The Bertz CT molecular complexity index is 2340. The number of aryl methyl sites for hydroxylation is 3. The summed E-state index contributed by atoms with van der Waals surface area (Å²) in [6, 6.07) is 40.5. The number of hydrogen-bond acceptors (Lipinski definition) is 3. The fourth-order valence-electron chi connectivity index (χ4n) is 6.19. The Balaban J connectivity index is 0.000000225. The van der Waals surface area contributed by atoms with E-state index in [1.165, 1.54) is 43.8 Å². The van der Waals surface area contributed by atoms with Crippen molar-refractivity contribution in [1.29, 1.82) is 0 Å². The molecule has 5 aromatic carbocycles. The van der Waals surface area contributed by atoms with Crippen LogP contribution in [-0.2, 0) is 26.5 Å². The molecule has 0 N–H and O–H groups in total. The maximum absolute atomic E-state index is 6.49. The molecule has 0 atom stereocenters. The minimum Gasteiger partial charge on any atom is -0.501 e. The summed E-state index contributed by atoms with van der Waals surface area (Å²) in [6.07, 6.45) is 4.86. The van der Waals surface area contributed by atoms with Crippen molar-refractivity contribution in [2.45, 2.75) is 48.0 Å². The second kappa shape index (κ2) is 13.5. The Labute approximate surface area is 296 Å². The van der Waals surface area contributed by atoms with Crippen molar-refractivity contribution in [3.63, 3.8) is 0 Å². The molecule has 48 heavy (non-hydrogen) atoms. The summed E-state index contributed by atoms with van der Waals surface area (Å²) >= 11 is 0. The van der Waals surface area contributed by atoms with Crippen LogP contribution in [0.5, 0.6) is 0 Å². The van der Waals surface area contributed by atoms with E-state index in [9.17, 15) is 0 Å². The summed E-state index contributed by atoms with van der Waals surface area (Å²) in [5, 5.41) is 7.16. The van der Waals surface area contributed by atoms with Crippen molar-refractivity contribution in [1.82, 2.24) is 9.97 Å². The molecule has 3 aromatic heterocycles. The second-order valence-electron chi connectivity index (χ2n) is 13.8. The van der Waals surface area contributed by atoms with E-state index in [0.717, 1.165) is 50.9 Å². The van der Waals surface area contributed by atoms with Crippen LogP contribution in [0.1, 0.15) is 43.0 Å². The molecule has 4 heteroatoms. The van der Waals surface area contributed by atoms with Gasteiger partial charge < -0.3 is 14.4 Å². The molecule has 8 rings (SSSR count). The van der Waals surface area contributed by atoms with Crippen LogP contribution >= 0.6 is 0 Å². The largest absolute Gasteiger partial charge is 0.501 e. The van der Waals surface area contributed by atoms with Gasteiger partial charge >= 0.3 is 0 Å². The summed E-state index contributed by atoms with van der Waals surface area (Å²) in [5.74, 6) is 0. The molecular formula is C44H38IrN2O-2. The number of benzene rings is 5. The van der Waals surface area contributed by atoms with E-state index in [4.69, 9.17) is 9.40 Å². The molecule has 3 nitrogen and oxygen atoms in total. The first-order valence-electron chi connectivity index (χ1n) is 16.2. The van der Waals surface area contributed by atoms with Gasteiger partial charge in [0.05, 0.1) is 5.58 Å². The van der Waals surface area contributed by atoms with E-state index < -0.39 is 0 Å². The zero-order valence-corrected chi connectivity index (χ0v) is 30.6. The van der Waals surface area contributed by atoms with Crippen LogP contribution < -0.4 is 0 Å². The number of rotatable bonds is 3. The molecule has 0 saturated heterocycles. The van der Waals surface area contributed by atoms with Gasteiger partial charge in [0.1, 0.15) is 5.58 Å². The minimum atomic E-state index is 0. The van der Waals surface area contributed by atoms with Crippen molar-refractivity contribution in [3.05, 3.63) is 144 Å². The standard InChI is InChI=1S/C31H26NO.C13H12N.Ir/c1-19-18-32-28(15-22(19)17-31(2,3)4)25-11-7-10-24-27-14-21-13-12-20-8-5-6-9-23(20)26(21)16-29(27)33-30(24)25;1-10-3-6-12(7-4-10)13-8-5-11(2)9-14-13;/h5-10,12-16,18H,17H2,1-4H3;3-6,8-9H,1-2H3;/q2*-1;. The zero-order valence-electron chi connectivity index (χ0n) is 28.2. The first-order valence-corrected chi connectivity index (χ1v) is 16.2. The van der Waals surface area contributed by atoms with E-state index in [1.807, 2.05) is 43.6 Å². The van der Waals surface area contributed by atoms with Crippen molar-refractivity contribution < 1.29 is 24.5 Å². The number of hydrogen-bond donors (Lipinski definition) is 0. The van der Waals surface area contributed by atoms with E-state index in [0.29, 0.717) is 0 Å². The Morgan fingerprint density at radius 2 is 1.44 bits per heavy atom. The van der Waals surface area contributed by atoms with Gasteiger partial charge in [-0.05, 0) is 81.9 Å². The third-order valence-electron chi connectivity index (χ3n) is 8.64. The number of aromatic nitrogens is 2. The maximum Gasteiger partial charge on any atom is 0.121 e. The average Bonchev–Trinajstić information content (AvgIpc) is 3.43. The normalized spacial score (nSPS) is 11.5. The van der Waals surface area contributed by atoms with Gasteiger partial charge in [0, 0.05) is 37.9 Å². The number of nitrogens with zero attached hydrogens (tertiary/aromatic N) is 2. The number of pyridine rings is 2. The third-order valence-corrected chi connectivity index (χ3v) is 8.64. The monoisotopic (exact) mass is 803 g/mol. The van der Waals surface area contributed by atoms with E-state index in [1.54, 1.807) is 0 Å². The maximum atomic E-state index is 6.49. The van der Waals surface area contributed by atoms with Gasteiger partial charge in [-0.15, -0.1) is 53.6 Å². The van der Waals surface area contributed by atoms with Gasteiger partial charge in [-0.2, -0.15) is 0 Å². The Morgan fingerprint density at radius 1 is 0.667 bits per heavy atom. The van der Waals surface area contributed by atoms with Crippen LogP contribution in [0.2, 0.25) is 0 Å². The molecule has 0 saturated carbocycles. The molecular weight excluding hydrogens is 765 g/mol. The van der Waals surface area contributed by atoms with E-state index >= 15 is 0 Å². The molecule has 0 fully saturated rings. The molecule has 8 aromatic rings. The molecule has 0 spiro atoms.